The molecule has 8 heteroatoms. The molecule has 146 valence electrons. The van der Waals surface area contributed by atoms with Gasteiger partial charge in [-0.25, -0.2) is 4.79 Å². The third-order valence-corrected chi connectivity index (χ3v) is 4.39. The molecule has 0 spiro atoms. The molecule has 0 aliphatic carbocycles. The molecule has 7 nitrogen and oxygen atoms in total. The Balaban J connectivity index is 2.14. The molecular weight excluding hydrogens is 426 g/mol. The number of hydrogen-bond acceptors (Lipinski definition) is 5. The van der Waals surface area contributed by atoms with Gasteiger partial charge in [0.25, 0.3) is 5.56 Å². The molecule has 0 fully saturated rings. The molecule has 2 aromatic rings. The van der Waals surface area contributed by atoms with Crippen LogP contribution < -0.4 is 10.9 Å². The van der Waals surface area contributed by atoms with Crippen molar-refractivity contribution in [3.8, 4) is 6.07 Å². The number of nitriles is 1. The number of benzene rings is 1. The van der Waals surface area contributed by atoms with E-state index in [1.807, 2.05) is 6.07 Å². The molecule has 0 aliphatic heterocycles. The number of ether oxygens (including phenoxy) is 1. The zero-order valence-electron chi connectivity index (χ0n) is 15.9. The molecule has 1 aromatic carbocycles. The molecule has 0 aliphatic rings. The standard InChI is InChI=1S/C20H20BrN3O4/c1-12(24-11-14(10-22)16(21)9-17(24)25)18(26)23-15-7-5-13(6-8-15)19(27)28-20(2,3)4/h5-9,11-12H,1-4H3,(H,23,26). The van der Waals surface area contributed by atoms with Crippen LogP contribution in [0.25, 0.3) is 0 Å². The third kappa shape index (κ3) is 5.30. The van der Waals surface area contributed by atoms with Crippen LogP contribution in [0.15, 0.2) is 45.8 Å². The Hall–Kier alpha value is -2.92. The summed E-state index contributed by atoms with van der Waals surface area (Å²) < 4.78 is 6.86. The van der Waals surface area contributed by atoms with Gasteiger partial charge in [0.1, 0.15) is 17.7 Å². The zero-order valence-corrected chi connectivity index (χ0v) is 17.5. The number of hydrogen-bond donors (Lipinski definition) is 1. The number of anilines is 1. The monoisotopic (exact) mass is 445 g/mol. The highest BCUT2D eigenvalue weighted by Crippen LogP contribution is 2.18. The number of carbonyl (C=O) groups is 2. The van der Waals surface area contributed by atoms with Crippen LogP contribution in [0.4, 0.5) is 5.69 Å². The maximum atomic E-state index is 12.5. The first kappa shape index (κ1) is 21.4. The molecule has 1 amide bonds. The molecule has 0 saturated heterocycles. The van der Waals surface area contributed by atoms with Crippen LogP contribution in [0.3, 0.4) is 0 Å². The highest BCUT2D eigenvalue weighted by Gasteiger charge is 2.19. The van der Waals surface area contributed by atoms with Gasteiger partial charge in [-0.1, -0.05) is 0 Å². The van der Waals surface area contributed by atoms with Crippen molar-refractivity contribution < 1.29 is 14.3 Å². The summed E-state index contributed by atoms with van der Waals surface area (Å²) in [6.45, 7) is 6.90. The van der Waals surface area contributed by atoms with Gasteiger partial charge in [-0.15, -0.1) is 0 Å². The Kier molecular flexibility index (Phi) is 6.41. The average molecular weight is 446 g/mol. The first-order chi connectivity index (χ1) is 13.0. The summed E-state index contributed by atoms with van der Waals surface area (Å²) in [5, 5.41) is 11.8. The maximum absolute atomic E-state index is 12.5. The molecule has 0 radical (unpaired) electrons. The summed E-state index contributed by atoms with van der Waals surface area (Å²) in [6.07, 6.45) is 1.34. The summed E-state index contributed by atoms with van der Waals surface area (Å²) in [7, 11) is 0. The fraction of sp³-hybridized carbons (Fsp3) is 0.300. The second-order valence-electron chi connectivity index (χ2n) is 7.14. The van der Waals surface area contributed by atoms with Gasteiger partial charge in [0, 0.05) is 22.4 Å². The van der Waals surface area contributed by atoms with E-state index in [2.05, 4.69) is 21.2 Å². The maximum Gasteiger partial charge on any atom is 0.338 e. The summed E-state index contributed by atoms with van der Waals surface area (Å²) in [6, 6.07) is 8.63. The van der Waals surface area contributed by atoms with Gasteiger partial charge in [-0.05, 0) is 67.9 Å². The normalized spacial score (nSPS) is 12.0. The molecule has 0 bridgehead atoms. The molecule has 0 saturated carbocycles. The van der Waals surface area contributed by atoms with Gasteiger partial charge in [-0.3, -0.25) is 9.59 Å². The van der Waals surface area contributed by atoms with E-state index in [0.717, 1.165) is 0 Å². The van der Waals surface area contributed by atoms with Gasteiger partial charge >= 0.3 is 5.97 Å². The van der Waals surface area contributed by atoms with Gasteiger partial charge < -0.3 is 14.6 Å². The second-order valence-corrected chi connectivity index (χ2v) is 7.99. The highest BCUT2D eigenvalue weighted by molar-refractivity contribution is 9.10. The Labute approximate surface area is 171 Å². The fourth-order valence-corrected chi connectivity index (χ4v) is 2.70. The van der Waals surface area contributed by atoms with Crippen LogP contribution in [0.2, 0.25) is 0 Å². The lowest BCUT2D eigenvalue weighted by atomic mass is 10.1. The zero-order chi connectivity index (χ0) is 21.1. The van der Waals surface area contributed by atoms with Crippen LogP contribution in [-0.4, -0.2) is 22.0 Å². The van der Waals surface area contributed by atoms with E-state index in [1.54, 1.807) is 52.0 Å². The van der Waals surface area contributed by atoms with E-state index < -0.39 is 29.1 Å². The van der Waals surface area contributed by atoms with Crippen LogP contribution in [0, 0.1) is 11.3 Å². The largest absolute Gasteiger partial charge is 0.456 e. The number of rotatable bonds is 4. The van der Waals surface area contributed by atoms with Crippen LogP contribution in [0.1, 0.15) is 49.7 Å². The number of halogens is 1. The van der Waals surface area contributed by atoms with Crippen LogP contribution in [-0.2, 0) is 9.53 Å². The Morgan fingerprint density at radius 2 is 1.86 bits per heavy atom. The summed E-state index contributed by atoms with van der Waals surface area (Å²) in [5.74, 6) is -0.887. The lowest BCUT2D eigenvalue weighted by molar-refractivity contribution is -0.118. The number of carbonyl (C=O) groups excluding carboxylic acids is 2. The van der Waals surface area contributed by atoms with E-state index in [9.17, 15) is 14.4 Å². The molecule has 1 unspecified atom stereocenters. The van der Waals surface area contributed by atoms with Gasteiger partial charge in [0.05, 0.1) is 11.1 Å². The lowest BCUT2D eigenvalue weighted by Gasteiger charge is -2.19. The minimum absolute atomic E-state index is 0.251. The van der Waals surface area contributed by atoms with Gasteiger partial charge in [0.2, 0.25) is 5.91 Å². The van der Waals surface area contributed by atoms with Gasteiger partial charge in [0.15, 0.2) is 0 Å². The first-order valence-electron chi connectivity index (χ1n) is 8.48. The topological polar surface area (TPSA) is 101 Å². The van der Waals surface area contributed by atoms with Crippen LogP contribution in [0.5, 0.6) is 0 Å². The summed E-state index contributed by atoms with van der Waals surface area (Å²) in [4.78, 5) is 36.7. The molecule has 28 heavy (non-hydrogen) atoms. The van der Waals surface area contributed by atoms with Crippen molar-refractivity contribution in [3.63, 3.8) is 0 Å². The molecule has 1 heterocycles. The third-order valence-electron chi connectivity index (χ3n) is 3.73. The number of nitrogens with one attached hydrogen (secondary N) is 1. The summed E-state index contributed by atoms with van der Waals surface area (Å²) >= 11 is 3.14. The van der Waals surface area contributed by atoms with Crippen molar-refractivity contribution >= 4 is 33.5 Å². The van der Waals surface area contributed by atoms with E-state index in [0.29, 0.717) is 15.7 Å². The fourth-order valence-electron chi connectivity index (χ4n) is 2.31. The summed E-state index contributed by atoms with van der Waals surface area (Å²) in [5.41, 5.74) is 0.0768. The van der Waals surface area contributed by atoms with Gasteiger partial charge in [-0.2, -0.15) is 5.26 Å². The predicted octanol–water partition coefficient (Wildman–Crippen LogP) is 3.64. The molecule has 1 atom stereocenters. The molecule has 1 N–H and O–H groups in total. The lowest BCUT2D eigenvalue weighted by Crippen LogP contribution is -2.31. The number of nitrogens with zero attached hydrogens (tertiary/aromatic N) is 2. The predicted molar refractivity (Wildman–Crippen MR) is 108 cm³/mol. The van der Waals surface area contributed by atoms with E-state index in [1.165, 1.54) is 16.8 Å². The number of pyridine rings is 1. The average Bonchev–Trinajstić information content (AvgIpc) is 2.60. The number of aromatic nitrogens is 1. The van der Waals surface area contributed by atoms with Crippen molar-refractivity contribution in [1.82, 2.24) is 4.57 Å². The SMILES string of the molecule is CC(C(=O)Nc1ccc(C(=O)OC(C)(C)C)cc1)n1cc(C#N)c(Br)cc1=O. The Morgan fingerprint density at radius 1 is 1.25 bits per heavy atom. The number of esters is 1. The van der Waals surface area contributed by atoms with E-state index in [4.69, 9.17) is 10.00 Å². The van der Waals surface area contributed by atoms with Crippen molar-refractivity contribution in [3.05, 3.63) is 62.5 Å². The van der Waals surface area contributed by atoms with Crippen molar-refractivity contribution in [2.24, 2.45) is 0 Å². The number of amides is 1. The smallest absolute Gasteiger partial charge is 0.338 e. The minimum atomic E-state index is -0.835. The van der Waals surface area contributed by atoms with Crippen molar-refractivity contribution in [2.75, 3.05) is 5.32 Å². The minimum Gasteiger partial charge on any atom is -0.456 e. The molecular formula is C20H20BrN3O4. The van der Waals surface area contributed by atoms with Crippen LogP contribution >= 0.6 is 15.9 Å². The van der Waals surface area contributed by atoms with E-state index in [-0.39, 0.29) is 5.56 Å². The second kappa shape index (κ2) is 8.40. The first-order valence-corrected chi connectivity index (χ1v) is 9.27. The van der Waals surface area contributed by atoms with E-state index >= 15 is 0 Å². The molecule has 1 aromatic heterocycles. The molecule has 2 rings (SSSR count). The Morgan fingerprint density at radius 3 is 2.39 bits per heavy atom. The quantitative estimate of drug-likeness (QED) is 0.723. The Bertz CT molecular complexity index is 998. The van der Waals surface area contributed by atoms with Crippen molar-refractivity contribution in [1.29, 1.82) is 5.26 Å². The highest BCUT2D eigenvalue weighted by atomic mass is 79.9. The van der Waals surface area contributed by atoms with Crippen molar-refractivity contribution in [2.45, 2.75) is 39.3 Å².